The number of methoxy groups -OCH3 is 1. The van der Waals surface area contributed by atoms with Gasteiger partial charge in [-0.2, -0.15) is 5.10 Å². The Morgan fingerprint density at radius 1 is 1.15 bits per heavy atom. The highest BCUT2D eigenvalue weighted by Crippen LogP contribution is 2.34. The van der Waals surface area contributed by atoms with Crippen LogP contribution in [-0.2, 0) is 23.8 Å². The zero-order valence-corrected chi connectivity index (χ0v) is 18.8. The number of nitrogens with one attached hydrogen (secondary N) is 1. The summed E-state index contributed by atoms with van der Waals surface area (Å²) in [5.74, 6) is 0.232. The normalized spacial score (nSPS) is 20.3. The van der Waals surface area contributed by atoms with Crippen LogP contribution in [0.25, 0.3) is 0 Å². The van der Waals surface area contributed by atoms with Crippen LogP contribution in [-0.4, -0.2) is 57.9 Å². The highest BCUT2D eigenvalue weighted by atomic mass is 16.5. The highest BCUT2D eigenvalue weighted by Gasteiger charge is 2.46. The second-order valence-electron chi connectivity index (χ2n) is 8.23. The van der Waals surface area contributed by atoms with Gasteiger partial charge < -0.3 is 20.1 Å². The summed E-state index contributed by atoms with van der Waals surface area (Å²) in [7, 11) is 3.27. The fraction of sp³-hybridized carbons (Fsp3) is 0.320. The number of para-hydroxylation sites is 1. The molecule has 4 rings (SSSR count). The van der Waals surface area contributed by atoms with Crippen LogP contribution in [0.4, 0.5) is 0 Å². The number of β-amino-alcohol motifs (C(OH)–C–C–N with tert-alkyl or cyclic N) is 1. The summed E-state index contributed by atoms with van der Waals surface area (Å²) in [5.41, 5.74) is 0.963. The van der Waals surface area contributed by atoms with Crippen molar-refractivity contribution in [2.45, 2.75) is 24.5 Å². The summed E-state index contributed by atoms with van der Waals surface area (Å²) >= 11 is 0. The van der Waals surface area contributed by atoms with E-state index >= 15 is 0 Å². The van der Waals surface area contributed by atoms with Crippen molar-refractivity contribution in [1.29, 1.82) is 0 Å². The number of carbonyl (C=O) groups is 2. The van der Waals surface area contributed by atoms with Gasteiger partial charge in [0.2, 0.25) is 5.91 Å². The van der Waals surface area contributed by atoms with Gasteiger partial charge >= 0.3 is 0 Å². The molecule has 1 aliphatic rings. The average Bonchev–Trinajstić information content (AvgIpc) is 3.27. The molecule has 0 radical (unpaired) electrons. The smallest absolute Gasteiger partial charge is 0.270 e. The molecule has 33 heavy (non-hydrogen) atoms. The first-order valence-corrected chi connectivity index (χ1v) is 10.9. The largest absolute Gasteiger partial charge is 0.496 e. The molecule has 0 saturated carbocycles. The third kappa shape index (κ3) is 4.47. The minimum Gasteiger partial charge on any atom is -0.496 e. The van der Waals surface area contributed by atoms with Crippen molar-refractivity contribution in [3.63, 3.8) is 0 Å². The number of ether oxygens (including phenoxy) is 1. The van der Waals surface area contributed by atoms with Gasteiger partial charge in [0.1, 0.15) is 11.4 Å². The van der Waals surface area contributed by atoms with Gasteiger partial charge in [-0.1, -0.05) is 48.5 Å². The van der Waals surface area contributed by atoms with Crippen molar-refractivity contribution in [3.8, 4) is 5.75 Å². The Bertz CT molecular complexity index is 1130. The second kappa shape index (κ2) is 9.46. The van der Waals surface area contributed by atoms with Gasteiger partial charge in [0.15, 0.2) is 0 Å². The lowest BCUT2D eigenvalue weighted by Crippen LogP contribution is -2.63. The molecule has 172 valence electrons. The molecule has 1 aromatic heterocycles. The third-order valence-corrected chi connectivity index (χ3v) is 6.30. The van der Waals surface area contributed by atoms with E-state index in [1.54, 1.807) is 31.3 Å². The van der Waals surface area contributed by atoms with Crippen LogP contribution < -0.4 is 10.1 Å². The summed E-state index contributed by atoms with van der Waals surface area (Å²) in [6, 6.07) is 18.4. The Kier molecular flexibility index (Phi) is 6.46. The summed E-state index contributed by atoms with van der Waals surface area (Å²) in [5, 5.41) is 18.4. The Morgan fingerprint density at radius 3 is 2.55 bits per heavy atom. The maximum atomic E-state index is 13.1. The third-order valence-electron chi connectivity index (χ3n) is 6.30. The van der Waals surface area contributed by atoms with Crippen LogP contribution >= 0.6 is 0 Å². The lowest BCUT2D eigenvalue weighted by molar-refractivity contribution is -0.136. The molecule has 3 aromatic rings. The Labute approximate surface area is 192 Å². The van der Waals surface area contributed by atoms with Gasteiger partial charge in [-0.05, 0) is 24.1 Å². The molecule has 2 amide bonds. The second-order valence-corrected chi connectivity index (χ2v) is 8.23. The molecule has 0 spiro atoms. The Balaban J connectivity index is 1.56. The molecule has 2 heterocycles. The predicted octanol–water partition coefficient (Wildman–Crippen LogP) is 1.89. The van der Waals surface area contributed by atoms with Crippen molar-refractivity contribution in [2.24, 2.45) is 7.05 Å². The zero-order chi connectivity index (χ0) is 23.4. The van der Waals surface area contributed by atoms with E-state index in [9.17, 15) is 14.7 Å². The average molecular weight is 449 g/mol. The first-order chi connectivity index (χ1) is 15.9. The first-order valence-electron chi connectivity index (χ1n) is 10.9. The fourth-order valence-electron chi connectivity index (χ4n) is 4.44. The number of piperidine rings is 1. The summed E-state index contributed by atoms with van der Waals surface area (Å²) in [4.78, 5) is 27.8. The van der Waals surface area contributed by atoms with Crippen LogP contribution in [0.2, 0.25) is 0 Å². The Morgan fingerprint density at radius 2 is 1.88 bits per heavy atom. The number of amides is 2. The van der Waals surface area contributed by atoms with Gasteiger partial charge in [-0.3, -0.25) is 14.3 Å². The minimum absolute atomic E-state index is 0.0989. The zero-order valence-electron chi connectivity index (χ0n) is 18.8. The molecule has 1 fully saturated rings. The summed E-state index contributed by atoms with van der Waals surface area (Å²) < 4.78 is 6.85. The molecule has 2 atom stereocenters. The fourth-order valence-corrected chi connectivity index (χ4v) is 4.44. The molecule has 0 aliphatic carbocycles. The van der Waals surface area contributed by atoms with E-state index in [4.69, 9.17) is 4.74 Å². The molecular weight excluding hydrogens is 420 g/mol. The van der Waals surface area contributed by atoms with Gasteiger partial charge in [0.25, 0.3) is 5.91 Å². The molecule has 2 N–H and O–H groups in total. The number of carbonyl (C=O) groups excluding carboxylic acids is 2. The molecule has 0 unspecified atom stereocenters. The number of hydrogen-bond acceptors (Lipinski definition) is 5. The van der Waals surface area contributed by atoms with Gasteiger partial charge in [0.05, 0.1) is 25.2 Å². The van der Waals surface area contributed by atoms with Gasteiger partial charge in [0, 0.05) is 31.9 Å². The van der Waals surface area contributed by atoms with Crippen molar-refractivity contribution < 1.29 is 19.4 Å². The number of aryl methyl sites for hydroxylation is 1. The number of rotatable bonds is 6. The van der Waals surface area contributed by atoms with Crippen molar-refractivity contribution in [1.82, 2.24) is 20.0 Å². The Hall–Kier alpha value is -3.65. The molecule has 8 heteroatoms. The number of aliphatic hydroxyl groups is 1. The van der Waals surface area contributed by atoms with Crippen molar-refractivity contribution in [3.05, 3.63) is 83.7 Å². The van der Waals surface area contributed by atoms with E-state index in [1.165, 1.54) is 4.68 Å². The predicted molar refractivity (Wildman–Crippen MR) is 123 cm³/mol. The number of aromatic nitrogens is 2. The SMILES string of the molecule is COc1ccccc1CC(=O)N1CC[C@](NC(=O)c2ccnn2C)(c2ccccc2)[C@H](O)C1. The van der Waals surface area contributed by atoms with Crippen molar-refractivity contribution in [2.75, 3.05) is 20.2 Å². The molecule has 1 aliphatic heterocycles. The van der Waals surface area contributed by atoms with Crippen LogP contribution in [0.1, 0.15) is 28.0 Å². The van der Waals surface area contributed by atoms with E-state index in [-0.39, 0.29) is 24.8 Å². The quantitative estimate of drug-likeness (QED) is 0.600. The highest BCUT2D eigenvalue weighted by molar-refractivity contribution is 5.93. The van der Waals surface area contributed by atoms with Crippen molar-refractivity contribution >= 4 is 11.8 Å². The minimum atomic E-state index is -1.02. The molecule has 1 saturated heterocycles. The molecular formula is C25H28N4O4. The standard InChI is InChI=1S/C25H28N4O4/c1-28-20(12-14-26-28)24(32)27-25(19-9-4-3-5-10-19)13-15-29(17-22(25)30)23(31)16-18-8-6-7-11-21(18)33-2/h3-12,14,22,30H,13,15-17H2,1-2H3,(H,27,32)/t22-,25+/m1/s1. The number of likely N-dealkylation sites (tertiary alicyclic amines) is 1. The summed E-state index contributed by atoms with van der Waals surface area (Å²) in [6.07, 6.45) is 1.11. The van der Waals surface area contributed by atoms with Crippen LogP contribution in [0.5, 0.6) is 5.75 Å². The number of benzene rings is 2. The first kappa shape index (κ1) is 22.5. The van der Waals surface area contributed by atoms with E-state index in [1.807, 2.05) is 54.6 Å². The van der Waals surface area contributed by atoms with Crippen LogP contribution in [0, 0.1) is 0 Å². The van der Waals surface area contributed by atoms with Gasteiger partial charge in [-0.15, -0.1) is 0 Å². The maximum Gasteiger partial charge on any atom is 0.270 e. The van der Waals surface area contributed by atoms with Gasteiger partial charge in [-0.25, -0.2) is 0 Å². The molecule has 0 bridgehead atoms. The lowest BCUT2D eigenvalue weighted by atomic mass is 9.78. The van der Waals surface area contributed by atoms with E-state index in [2.05, 4.69) is 10.4 Å². The number of nitrogens with zero attached hydrogens (tertiary/aromatic N) is 3. The van der Waals surface area contributed by atoms with Crippen LogP contribution in [0.15, 0.2) is 66.9 Å². The summed E-state index contributed by atoms with van der Waals surface area (Å²) in [6.45, 7) is 0.500. The van der Waals surface area contributed by atoms with E-state index in [0.29, 0.717) is 24.4 Å². The maximum absolute atomic E-state index is 13.1. The monoisotopic (exact) mass is 448 g/mol. The lowest BCUT2D eigenvalue weighted by Gasteiger charge is -2.46. The molecule has 2 aromatic carbocycles. The number of aliphatic hydroxyl groups excluding tert-OH is 1. The van der Waals surface area contributed by atoms with E-state index in [0.717, 1.165) is 11.1 Å². The molecule has 8 nitrogen and oxygen atoms in total. The van der Waals surface area contributed by atoms with Crippen LogP contribution in [0.3, 0.4) is 0 Å². The van der Waals surface area contributed by atoms with E-state index < -0.39 is 11.6 Å². The topological polar surface area (TPSA) is 96.7 Å². The number of hydrogen-bond donors (Lipinski definition) is 2.